The highest BCUT2D eigenvalue weighted by Gasteiger charge is 2.23. The minimum Gasteiger partial charge on any atom is -0.452 e. The van der Waals surface area contributed by atoms with E-state index in [1.165, 1.54) is 12.1 Å². The lowest BCUT2D eigenvalue weighted by atomic mass is 9.79. The lowest BCUT2D eigenvalue weighted by molar-refractivity contribution is -0.119. The average Bonchev–Trinajstić information content (AvgIpc) is 2.60. The van der Waals surface area contributed by atoms with Crippen LogP contribution in [0.15, 0.2) is 36.4 Å². The predicted octanol–water partition coefficient (Wildman–Crippen LogP) is 5.87. The molecule has 0 fully saturated rings. The molecule has 29 heavy (non-hydrogen) atoms. The fraction of sp³-hybridized carbons (Fsp3) is 0.391. The number of nitrogens with one attached hydrogen (secondary N) is 1. The standard InChI is InChI=1S/C23H27ClFNO3/c1-22(2,3)15-9-14(10-16(11-15)23(4,5)6)21(28)29-13-20(27)26-19-8-7-17(25)12-18(19)24/h7-12H,13H2,1-6H3,(H,26,27). The first-order valence-electron chi connectivity index (χ1n) is 9.35. The second kappa shape index (κ2) is 8.54. The smallest absolute Gasteiger partial charge is 0.338 e. The van der Waals surface area contributed by atoms with Crippen molar-refractivity contribution in [2.24, 2.45) is 0 Å². The summed E-state index contributed by atoms with van der Waals surface area (Å²) in [5, 5.41) is 2.57. The molecule has 0 bridgehead atoms. The maximum atomic E-state index is 13.1. The summed E-state index contributed by atoms with van der Waals surface area (Å²) in [5.74, 6) is -1.65. The van der Waals surface area contributed by atoms with E-state index in [0.717, 1.165) is 17.2 Å². The molecule has 0 spiro atoms. The lowest BCUT2D eigenvalue weighted by Gasteiger charge is -2.25. The molecule has 2 aromatic rings. The molecule has 156 valence electrons. The number of hydrogen-bond acceptors (Lipinski definition) is 3. The van der Waals surface area contributed by atoms with Crippen molar-refractivity contribution in [2.45, 2.75) is 52.4 Å². The maximum absolute atomic E-state index is 13.1. The van der Waals surface area contributed by atoms with Crippen LogP contribution in [-0.4, -0.2) is 18.5 Å². The van der Waals surface area contributed by atoms with E-state index in [9.17, 15) is 14.0 Å². The molecule has 0 saturated carbocycles. The summed E-state index contributed by atoms with van der Waals surface area (Å²) < 4.78 is 18.3. The van der Waals surface area contributed by atoms with Crippen LogP contribution in [0.3, 0.4) is 0 Å². The van der Waals surface area contributed by atoms with Crippen molar-refractivity contribution in [3.05, 3.63) is 63.9 Å². The second-order valence-corrected chi connectivity index (χ2v) is 9.45. The van der Waals surface area contributed by atoms with E-state index in [0.29, 0.717) is 5.56 Å². The zero-order valence-electron chi connectivity index (χ0n) is 17.7. The van der Waals surface area contributed by atoms with Crippen molar-refractivity contribution < 1.29 is 18.7 Å². The van der Waals surface area contributed by atoms with Gasteiger partial charge in [-0.1, -0.05) is 59.2 Å². The quantitative estimate of drug-likeness (QED) is 0.630. The van der Waals surface area contributed by atoms with Gasteiger partial charge in [0.1, 0.15) is 5.82 Å². The van der Waals surface area contributed by atoms with Crippen molar-refractivity contribution in [3.8, 4) is 0 Å². The molecule has 0 aromatic heterocycles. The van der Waals surface area contributed by atoms with Crippen LogP contribution in [0.1, 0.15) is 63.0 Å². The number of rotatable bonds is 4. The van der Waals surface area contributed by atoms with E-state index >= 15 is 0 Å². The molecular weight excluding hydrogens is 393 g/mol. The van der Waals surface area contributed by atoms with Crippen molar-refractivity contribution in [1.29, 1.82) is 0 Å². The summed E-state index contributed by atoms with van der Waals surface area (Å²) in [6.07, 6.45) is 0. The topological polar surface area (TPSA) is 55.4 Å². The molecule has 0 aliphatic carbocycles. The number of esters is 1. The van der Waals surface area contributed by atoms with Crippen LogP contribution >= 0.6 is 11.6 Å². The molecule has 0 atom stereocenters. The largest absolute Gasteiger partial charge is 0.452 e. The summed E-state index contributed by atoms with van der Waals surface area (Å²) >= 11 is 5.89. The van der Waals surface area contributed by atoms with Crippen LogP contribution in [0.2, 0.25) is 5.02 Å². The molecule has 0 saturated heterocycles. The first-order chi connectivity index (χ1) is 13.3. The lowest BCUT2D eigenvalue weighted by Crippen LogP contribution is -2.22. The molecule has 6 heteroatoms. The predicted molar refractivity (Wildman–Crippen MR) is 114 cm³/mol. The molecular formula is C23H27ClFNO3. The van der Waals surface area contributed by atoms with Gasteiger partial charge in [0, 0.05) is 0 Å². The molecule has 0 unspecified atom stereocenters. The molecule has 2 rings (SSSR count). The van der Waals surface area contributed by atoms with Gasteiger partial charge >= 0.3 is 5.97 Å². The van der Waals surface area contributed by atoms with Crippen molar-refractivity contribution in [2.75, 3.05) is 11.9 Å². The second-order valence-electron chi connectivity index (χ2n) is 9.05. The summed E-state index contributed by atoms with van der Waals surface area (Å²) in [4.78, 5) is 24.7. The number of ether oxygens (including phenoxy) is 1. The van der Waals surface area contributed by atoms with E-state index in [2.05, 4.69) is 52.9 Å². The van der Waals surface area contributed by atoms with Crippen molar-refractivity contribution in [1.82, 2.24) is 0 Å². The van der Waals surface area contributed by atoms with Crippen LogP contribution < -0.4 is 5.32 Å². The first kappa shape index (κ1) is 22.9. The minimum atomic E-state index is -0.582. The Morgan fingerprint density at radius 3 is 2.00 bits per heavy atom. The Labute approximate surface area is 176 Å². The summed E-state index contributed by atoms with van der Waals surface area (Å²) in [6.45, 7) is 12.0. The minimum absolute atomic E-state index is 0.0670. The van der Waals surface area contributed by atoms with Gasteiger partial charge in [0.25, 0.3) is 5.91 Å². The van der Waals surface area contributed by atoms with Crippen LogP contribution in [-0.2, 0) is 20.4 Å². The van der Waals surface area contributed by atoms with E-state index < -0.39 is 24.3 Å². The van der Waals surface area contributed by atoms with Crippen LogP contribution in [0.4, 0.5) is 10.1 Å². The molecule has 0 heterocycles. The van der Waals surface area contributed by atoms with Crippen molar-refractivity contribution >= 4 is 29.2 Å². The zero-order chi connectivity index (χ0) is 22.0. The Morgan fingerprint density at radius 2 is 1.52 bits per heavy atom. The van der Waals surface area contributed by atoms with Gasteiger partial charge in [-0.05, 0) is 52.3 Å². The fourth-order valence-corrected chi connectivity index (χ4v) is 2.82. The third-order valence-corrected chi connectivity index (χ3v) is 4.75. The summed E-state index contributed by atoms with van der Waals surface area (Å²) in [7, 11) is 0. The van der Waals surface area contributed by atoms with Gasteiger partial charge in [0.2, 0.25) is 0 Å². The Balaban J connectivity index is 2.14. The number of benzene rings is 2. The zero-order valence-corrected chi connectivity index (χ0v) is 18.4. The number of halogens is 2. The number of anilines is 1. The van der Waals surface area contributed by atoms with Crippen LogP contribution in [0, 0.1) is 5.82 Å². The summed E-state index contributed by atoms with van der Waals surface area (Å²) in [6, 6.07) is 9.31. The third kappa shape index (κ3) is 6.29. The van der Waals surface area contributed by atoms with Gasteiger partial charge in [-0.25, -0.2) is 9.18 Å². The monoisotopic (exact) mass is 419 g/mol. The molecule has 2 aromatic carbocycles. The van der Waals surface area contributed by atoms with E-state index in [-0.39, 0.29) is 21.5 Å². The number of carbonyl (C=O) groups is 2. The Morgan fingerprint density at radius 1 is 0.966 bits per heavy atom. The highest BCUT2D eigenvalue weighted by molar-refractivity contribution is 6.33. The molecule has 4 nitrogen and oxygen atoms in total. The number of carbonyl (C=O) groups excluding carboxylic acids is 2. The average molecular weight is 420 g/mol. The van der Waals surface area contributed by atoms with E-state index in [1.807, 2.05) is 0 Å². The number of amides is 1. The fourth-order valence-electron chi connectivity index (χ4n) is 2.60. The van der Waals surface area contributed by atoms with Gasteiger partial charge in [-0.2, -0.15) is 0 Å². The molecule has 0 aliphatic heterocycles. The SMILES string of the molecule is CC(C)(C)c1cc(C(=O)OCC(=O)Nc2ccc(F)cc2Cl)cc(C(C)(C)C)c1. The highest BCUT2D eigenvalue weighted by Crippen LogP contribution is 2.30. The molecule has 1 amide bonds. The molecule has 1 N–H and O–H groups in total. The van der Waals surface area contributed by atoms with Gasteiger partial charge in [-0.3, -0.25) is 4.79 Å². The van der Waals surface area contributed by atoms with Gasteiger partial charge in [0.15, 0.2) is 6.61 Å². The highest BCUT2D eigenvalue weighted by atomic mass is 35.5. The maximum Gasteiger partial charge on any atom is 0.338 e. The van der Waals surface area contributed by atoms with Gasteiger partial charge in [-0.15, -0.1) is 0 Å². The van der Waals surface area contributed by atoms with Crippen LogP contribution in [0.25, 0.3) is 0 Å². The van der Waals surface area contributed by atoms with Crippen LogP contribution in [0.5, 0.6) is 0 Å². The van der Waals surface area contributed by atoms with Gasteiger partial charge in [0.05, 0.1) is 16.3 Å². The Bertz CT molecular complexity index is 894. The normalized spacial score (nSPS) is 11.9. The first-order valence-corrected chi connectivity index (χ1v) is 9.73. The number of hydrogen-bond donors (Lipinski definition) is 1. The third-order valence-electron chi connectivity index (χ3n) is 4.44. The molecule has 0 radical (unpaired) electrons. The van der Waals surface area contributed by atoms with Gasteiger partial charge < -0.3 is 10.1 Å². The molecule has 0 aliphatic rings. The van der Waals surface area contributed by atoms with E-state index in [4.69, 9.17) is 16.3 Å². The Hall–Kier alpha value is -2.40. The Kier molecular flexibility index (Phi) is 6.74. The van der Waals surface area contributed by atoms with E-state index in [1.54, 1.807) is 12.1 Å². The van der Waals surface area contributed by atoms with Crippen molar-refractivity contribution in [3.63, 3.8) is 0 Å². The summed E-state index contributed by atoms with van der Waals surface area (Å²) in [5.41, 5.74) is 2.38.